The van der Waals surface area contributed by atoms with Crippen molar-refractivity contribution in [3.63, 3.8) is 0 Å². The van der Waals surface area contributed by atoms with Crippen molar-refractivity contribution in [3.05, 3.63) is 83.7 Å². The minimum atomic E-state index is -0.449. The van der Waals surface area contributed by atoms with Crippen molar-refractivity contribution in [1.82, 2.24) is 4.98 Å². The Hall–Kier alpha value is -3.67. The average Bonchev–Trinajstić information content (AvgIpc) is 2.83. The number of Topliss-reactive ketones (excluding diaryl/α,β-unsaturated/α-hetero) is 1. The molecule has 166 valence electrons. The molecule has 0 atom stereocenters. The Labute approximate surface area is 188 Å². The van der Waals surface area contributed by atoms with Crippen molar-refractivity contribution in [2.24, 2.45) is 0 Å². The standard InChI is InChI=1S/C26H28N2O4/c1-5-28(23-13-14-27-16-22(23)26(30)31-4)20-11-12-21(18(2)3)25(15-20)32-17-24(29)19-9-7-6-8-10-19/h6-16,18H,5,17H2,1-4H3. The summed E-state index contributed by atoms with van der Waals surface area (Å²) in [7, 11) is 1.35. The van der Waals surface area contributed by atoms with Crippen LogP contribution in [0.2, 0.25) is 0 Å². The van der Waals surface area contributed by atoms with Crippen LogP contribution in [0.1, 0.15) is 53.0 Å². The maximum absolute atomic E-state index is 12.6. The highest BCUT2D eigenvalue weighted by atomic mass is 16.5. The molecule has 0 fully saturated rings. The summed E-state index contributed by atoms with van der Waals surface area (Å²) in [6, 6.07) is 16.8. The molecule has 3 aromatic rings. The predicted molar refractivity (Wildman–Crippen MR) is 125 cm³/mol. The third kappa shape index (κ3) is 5.14. The van der Waals surface area contributed by atoms with Gasteiger partial charge in [-0.2, -0.15) is 0 Å². The van der Waals surface area contributed by atoms with E-state index in [0.29, 0.717) is 29.1 Å². The number of pyridine rings is 1. The molecule has 0 unspecified atom stereocenters. The van der Waals surface area contributed by atoms with Crippen LogP contribution < -0.4 is 9.64 Å². The molecule has 0 bridgehead atoms. The third-order valence-corrected chi connectivity index (χ3v) is 5.20. The first kappa shape index (κ1) is 23.0. The van der Waals surface area contributed by atoms with E-state index in [1.165, 1.54) is 13.3 Å². The number of benzene rings is 2. The molecule has 0 aliphatic carbocycles. The molecule has 0 spiro atoms. The summed E-state index contributed by atoms with van der Waals surface area (Å²) < 4.78 is 10.9. The number of esters is 1. The first-order valence-electron chi connectivity index (χ1n) is 10.6. The monoisotopic (exact) mass is 432 g/mol. The van der Waals surface area contributed by atoms with Crippen molar-refractivity contribution in [3.8, 4) is 5.75 Å². The zero-order valence-electron chi connectivity index (χ0n) is 18.9. The van der Waals surface area contributed by atoms with E-state index < -0.39 is 5.97 Å². The lowest BCUT2D eigenvalue weighted by atomic mass is 10.0. The summed E-state index contributed by atoms with van der Waals surface area (Å²) in [6.07, 6.45) is 3.14. The Balaban J connectivity index is 1.94. The van der Waals surface area contributed by atoms with Gasteiger partial charge < -0.3 is 14.4 Å². The number of hydrogen-bond acceptors (Lipinski definition) is 6. The van der Waals surface area contributed by atoms with Crippen LogP contribution in [0.4, 0.5) is 11.4 Å². The lowest BCUT2D eigenvalue weighted by Gasteiger charge is -2.26. The zero-order chi connectivity index (χ0) is 23.1. The number of ketones is 1. The van der Waals surface area contributed by atoms with Gasteiger partial charge in [0.2, 0.25) is 0 Å². The Morgan fingerprint density at radius 3 is 2.47 bits per heavy atom. The van der Waals surface area contributed by atoms with Gasteiger partial charge in [0.15, 0.2) is 12.4 Å². The first-order chi connectivity index (χ1) is 15.5. The van der Waals surface area contributed by atoms with Crippen molar-refractivity contribution < 1.29 is 19.1 Å². The quantitative estimate of drug-likeness (QED) is 0.333. The second kappa shape index (κ2) is 10.6. The van der Waals surface area contributed by atoms with E-state index in [0.717, 1.165) is 11.3 Å². The number of anilines is 2. The van der Waals surface area contributed by atoms with Crippen LogP contribution in [0.15, 0.2) is 67.0 Å². The van der Waals surface area contributed by atoms with Crippen molar-refractivity contribution in [2.45, 2.75) is 26.7 Å². The van der Waals surface area contributed by atoms with Gasteiger partial charge in [0.1, 0.15) is 11.3 Å². The van der Waals surface area contributed by atoms with E-state index in [1.54, 1.807) is 24.4 Å². The number of carbonyl (C=O) groups excluding carboxylic acids is 2. The lowest BCUT2D eigenvalue weighted by molar-refractivity contribution is 0.0601. The Kier molecular flexibility index (Phi) is 7.60. The Morgan fingerprint density at radius 1 is 1.06 bits per heavy atom. The van der Waals surface area contributed by atoms with Crippen molar-refractivity contribution in [2.75, 3.05) is 25.2 Å². The third-order valence-electron chi connectivity index (χ3n) is 5.20. The molecule has 6 nitrogen and oxygen atoms in total. The van der Waals surface area contributed by atoms with Gasteiger partial charge in [-0.1, -0.05) is 50.2 Å². The smallest absolute Gasteiger partial charge is 0.341 e. The largest absolute Gasteiger partial charge is 0.485 e. The molecule has 0 saturated heterocycles. The van der Waals surface area contributed by atoms with Crippen LogP contribution in [0.5, 0.6) is 5.75 Å². The SMILES string of the molecule is CCN(c1ccc(C(C)C)c(OCC(=O)c2ccccc2)c1)c1ccncc1C(=O)OC. The van der Waals surface area contributed by atoms with Crippen LogP contribution in [0.25, 0.3) is 0 Å². The Morgan fingerprint density at radius 2 is 1.81 bits per heavy atom. The predicted octanol–water partition coefficient (Wildman–Crippen LogP) is 5.41. The number of ether oxygens (including phenoxy) is 2. The number of aromatic nitrogens is 1. The molecule has 1 heterocycles. The van der Waals surface area contributed by atoms with E-state index in [4.69, 9.17) is 9.47 Å². The summed E-state index contributed by atoms with van der Waals surface area (Å²) >= 11 is 0. The van der Waals surface area contributed by atoms with Gasteiger partial charge in [-0.3, -0.25) is 9.78 Å². The molecule has 0 N–H and O–H groups in total. The highest BCUT2D eigenvalue weighted by Crippen LogP contribution is 2.35. The lowest BCUT2D eigenvalue weighted by Crippen LogP contribution is -2.20. The number of methoxy groups -OCH3 is 1. The van der Waals surface area contributed by atoms with Crippen LogP contribution in [0.3, 0.4) is 0 Å². The topological polar surface area (TPSA) is 68.7 Å². The highest BCUT2D eigenvalue weighted by molar-refractivity contribution is 5.97. The van der Waals surface area contributed by atoms with E-state index in [9.17, 15) is 9.59 Å². The second-order valence-corrected chi connectivity index (χ2v) is 7.58. The highest BCUT2D eigenvalue weighted by Gasteiger charge is 2.20. The average molecular weight is 433 g/mol. The van der Waals surface area contributed by atoms with Gasteiger partial charge in [0, 0.05) is 36.3 Å². The number of rotatable bonds is 9. The van der Waals surface area contributed by atoms with E-state index in [1.807, 2.05) is 48.2 Å². The molecule has 32 heavy (non-hydrogen) atoms. The molecule has 1 aromatic heterocycles. The number of carbonyl (C=O) groups is 2. The molecule has 2 aromatic carbocycles. The summed E-state index contributed by atoms with van der Waals surface area (Å²) in [5.74, 6) is 0.330. The minimum absolute atomic E-state index is 0.0536. The molecule has 0 saturated carbocycles. The zero-order valence-corrected chi connectivity index (χ0v) is 18.9. The minimum Gasteiger partial charge on any atom is -0.485 e. The van der Waals surface area contributed by atoms with Crippen molar-refractivity contribution >= 4 is 23.1 Å². The van der Waals surface area contributed by atoms with Gasteiger partial charge in [0.05, 0.1) is 12.8 Å². The number of hydrogen-bond donors (Lipinski definition) is 0. The van der Waals surface area contributed by atoms with Gasteiger partial charge in [0.25, 0.3) is 0 Å². The maximum Gasteiger partial charge on any atom is 0.341 e. The van der Waals surface area contributed by atoms with Gasteiger partial charge in [-0.25, -0.2) is 4.79 Å². The van der Waals surface area contributed by atoms with Gasteiger partial charge in [-0.05, 0) is 30.5 Å². The fourth-order valence-corrected chi connectivity index (χ4v) is 3.53. The normalized spacial score (nSPS) is 10.7. The fraction of sp³-hybridized carbons (Fsp3) is 0.269. The van der Waals surface area contributed by atoms with Crippen molar-refractivity contribution in [1.29, 1.82) is 0 Å². The maximum atomic E-state index is 12.6. The molecular weight excluding hydrogens is 404 g/mol. The molecule has 0 aliphatic rings. The summed E-state index contributed by atoms with van der Waals surface area (Å²) in [6.45, 7) is 6.71. The first-order valence-corrected chi connectivity index (χ1v) is 10.6. The second-order valence-electron chi connectivity index (χ2n) is 7.58. The molecular formula is C26H28N2O4. The summed E-state index contributed by atoms with van der Waals surface area (Å²) in [4.78, 5) is 30.9. The fourth-order valence-electron chi connectivity index (χ4n) is 3.53. The van der Waals surface area contributed by atoms with Crippen LogP contribution in [0, 0.1) is 0 Å². The van der Waals surface area contributed by atoms with Crippen LogP contribution >= 0.6 is 0 Å². The molecule has 0 amide bonds. The molecule has 0 radical (unpaired) electrons. The molecule has 6 heteroatoms. The van der Waals surface area contributed by atoms with E-state index in [2.05, 4.69) is 18.8 Å². The van der Waals surface area contributed by atoms with Gasteiger partial charge >= 0.3 is 5.97 Å². The van der Waals surface area contributed by atoms with Gasteiger partial charge in [-0.15, -0.1) is 0 Å². The molecule has 3 rings (SSSR count). The molecule has 0 aliphatic heterocycles. The number of nitrogens with zero attached hydrogens (tertiary/aromatic N) is 2. The van der Waals surface area contributed by atoms with E-state index in [-0.39, 0.29) is 18.3 Å². The summed E-state index contributed by atoms with van der Waals surface area (Å²) in [5, 5.41) is 0. The van der Waals surface area contributed by atoms with E-state index >= 15 is 0 Å². The van der Waals surface area contributed by atoms with Crippen LogP contribution in [-0.2, 0) is 4.74 Å². The van der Waals surface area contributed by atoms with Crippen LogP contribution in [-0.4, -0.2) is 37.0 Å². The Bertz CT molecular complexity index is 1080. The summed E-state index contributed by atoms with van der Waals surface area (Å²) in [5.41, 5.74) is 3.54.